The number of benzene rings is 1. The Morgan fingerprint density at radius 3 is 2.53 bits per heavy atom. The van der Waals surface area contributed by atoms with Crippen molar-refractivity contribution >= 4 is 33.7 Å². The molecule has 4 aromatic heterocycles. The minimum absolute atomic E-state index is 0.00807. The molecule has 1 atom stereocenters. The van der Waals surface area contributed by atoms with E-state index in [0.29, 0.717) is 5.25 Å². The third-order valence-electron chi connectivity index (χ3n) is 5.95. The quantitative estimate of drug-likeness (QED) is 0.265. The second kappa shape index (κ2) is 8.76. The van der Waals surface area contributed by atoms with Crippen LogP contribution in [0.3, 0.4) is 0 Å². The molecule has 174 valence electrons. The zero-order valence-electron chi connectivity index (χ0n) is 20.2. The van der Waals surface area contributed by atoms with Gasteiger partial charge < -0.3 is 13.8 Å². The summed E-state index contributed by atoms with van der Waals surface area (Å²) in [5, 5.41) is 6.44. The van der Waals surface area contributed by atoms with Crippen molar-refractivity contribution in [1.29, 1.82) is 0 Å². The maximum absolute atomic E-state index is 5.85. The van der Waals surface area contributed by atoms with Crippen LogP contribution >= 0.6 is 11.8 Å². The maximum atomic E-state index is 5.85. The number of ether oxygens (including phenoxy) is 1. The van der Waals surface area contributed by atoms with Gasteiger partial charge in [-0.15, -0.1) is 0 Å². The lowest BCUT2D eigenvalue weighted by molar-refractivity contribution is 0.393. The Balaban J connectivity index is 1.82. The zero-order valence-corrected chi connectivity index (χ0v) is 21.0. The van der Waals surface area contributed by atoms with E-state index in [9.17, 15) is 0 Å². The fourth-order valence-electron chi connectivity index (χ4n) is 4.42. The monoisotopic (exact) mass is 473 g/mol. The number of hydrogen-bond acceptors (Lipinski definition) is 7. The first-order chi connectivity index (χ1) is 16.4. The Labute approximate surface area is 202 Å². The van der Waals surface area contributed by atoms with Gasteiger partial charge in [-0.2, -0.15) is 0 Å². The van der Waals surface area contributed by atoms with E-state index in [0.717, 1.165) is 61.1 Å². The number of aromatic nitrogens is 5. The molecule has 0 aliphatic rings. The Morgan fingerprint density at radius 2 is 1.88 bits per heavy atom. The number of imidazole rings is 1. The minimum Gasteiger partial charge on any atom is -0.496 e. The molecular weight excluding hydrogens is 446 g/mol. The zero-order chi connectivity index (χ0) is 24.0. The molecule has 7 nitrogen and oxygen atoms in total. The lowest BCUT2D eigenvalue weighted by Crippen LogP contribution is -2.10. The van der Waals surface area contributed by atoms with E-state index in [1.165, 1.54) is 0 Å². The molecule has 0 saturated carbocycles. The van der Waals surface area contributed by atoms with E-state index < -0.39 is 0 Å². The van der Waals surface area contributed by atoms with Gasteiger partial charge in [0.25, 0.3) is 0 Å². The van der Waals surface area contributed by atoms with E-state index in [-0.39, 0.29) is 6.04 Å². The molecule has 0 saturated heterocycles. The van der Waals surface area contributed by atoms with Crippen LogP contribution in [0.25, 0.3) is 33.1 Å². The minimum atomic E-state index is -0.00807. The van der Waals surface area contributed by atoms with Crippen molar-refractivity contribution in [3.05, 3.63) is 59.9 Å². The first kappa shape index (κ1) is 22.4. The van der Waals surface area contributed by atoms with Crippen molar-refractivity contribution in [2.24, 2.45) is 0 Å². The fourth-order valence-corrected chi connectivity index (χ4v) is 5.36. The highest BCUT2D eigenvalue weighted by Crippen LogP contribution is 2.41. The molecule has 0 aliphatic heterocycles. The number of nitrogens with zero attached hydrogens (tertiary/aromatic N) is 5. The predicted octanol–water partition coefficient (Wildman–Crippen LogP) is 6.37. The molecule has 0 amide bonds. The molecule has 1 aromatic carbocycles. The van der Waals surface area contributed by atoms with Crippen molar-refractivity contribution < 1.29 is 9.26 Å². The molecule has 5 aromatic rings. The number of hydrogen-bond donors (Lipinski definition) is 0. The molecule has 34 heavy (non-hydrogen) atoms. The molecular formula is C26H27N5O2S. The SMILES string of the molecule is COc1cc2c(cc1-c1c(C)noc1C)ncc1nc(SC(C)C)n([C@H](C)c3ccccn3)c12. The number of pyridine rings is 2. The van der Waals surface area contributed by atoms with Crippen molar-refractivity contribution in [2.75, 3.05) is 7.11 Å². The largest absolute Gasteiger partial charge is 0.496 e. The van der Waals surface area contributed by atoms with Crippen LogP contribution in [0.15, 0.2) is 52.4 Å². The highest BCUT2D eigenvalue weighted by atomic mass is 32.2. The van der Waals surface area contributed by atoms with E-state index >= 15 is 0 Å². The molecule has 0 unspecified atom stereocenters. The van der Waals surface area contributed by atoms with Crippen LogP contribution in [0.2, 0.25) is 0 Å². The Hall–Kier alpha value is -3.39. The standard InChI is InChI=1S/C26H27N5O2S/c1-14(2)34-26-29-22-13-28-21-11-19(24-15(3)30-33-17(24)5)23(32-6)12-18(21)25(22)31(26)16(4)20-9-7-8-10-27-20/h7-14,16H,1-6H3/t16-/m1/s1. The molecule has 0 fully saturated rings. The highest BCUT2D eigenvalue weighted by molar-refractivity contribution is 7.99. The summed E-state index contributed by atoms with van der Waals surface area (Å²) >= 11 is 1.74. The van der Waals surface area contributed by atoms with Crippen molar-refractivity contribution in [2.45, 2.75) is 51.1 Å². The summed E-state index contributed by atoms with van der Waals surface area (Å²) in [4.78, 5) is 14.4. The maximum Gasteiger partial charge on any atom is 0.169 e. The summed E-state index contributed by atoms with van der Waals surface area (Å²) in [7, 11) is 1.68. The molecule has 8 heteroatoms. The number of rotatable bonds is 6. The van der Waals surface area contributed by atoms with E-state index in [1.807, 2.05) is 38.4 Å². The molecule has 0 bridgehead atoms. The number of aryl methyl sites for hydroxylation is 2. The van der Waals surface area contributed by atoms with Gasteiger partial charge >= 0.3 is 0 Å². The Morgan fingerprint density at radius 1 is 1.06 bits per heavy atom. The normalized spacial score (nSPS) is 12.7. The van der Waals surface area contributed by atoms with Gasteiger partial charge in [0.05, 0.1) is 47.3 Å². The number of methoxy groups -OCH3 is 1. The summed E-state index contributed by atoms with van der Waals surface area (Å²) in [5.41, 5.74) is 6.39. The van der Waals surface area contributed by atoms with Gasteiger partial charge in [0.1, 0.15) is 17.0 Å². The third kappa shape index (κ3) is 3.72. The smallest absolute Gasteiger partial charge is 0.169 e. The first-order valence-electron chi connectivity index (χ1n) is 11.3. The van der Waals surface area contributed by atoms with Crippen LogP contribution in [0.4, 0.5) is 0 Å². The van der Waals surface area contributed by atoms with E-state index in [2.05, 4.69) is 53.7 Å². The summed E-state index contributed by atoms with van der Waals surface area (Å²) in [6.45, 7) is 10.4. The lowest BCUT2D eigenvalue weighted by Gasteiger charge is -2.19. The van der Waals surface area contributed by atoms with Crippen LogP contribution < -0.4 is 4.74 Å². The number of thioether (sulfide) groups is 1. The Kier molecular flexibility index (Phi) is 5.77. The van der Waals surface area contributed by atoms with Crippen LogP contribution in [-0.2, 0) is 0 Å². The van der Waals surface area contributed by atoms with Gasteiger partial charge in [0.2, 0.25) is 0 Å². The van der Waals surface area contributed by atoms with Gasteiger partial charge in [-0.1, -0.05) is 36.8 Å². The first-order valence-corrected chi connectivity index (χ1v) is 12.2. The molecule has 5 rings (SSSR count). The van der Waals surface area contributed by atoms with Gasteiger partial charge in [0.15, 0.2) is 5.16 Å². The van der Waals surface area contributed by atoms with Crippen molar-refractivity contribution in [1.82, 2.24) is 24.7 Å². The summed E-state index contributed by atoms with van der Waals surface area (Å²) in [5.74, 6) is 1.49. The van der Waals surface area contributed by atoms with Gasteiger partial charge in [-0.05, 0) is 45.0 Å². The highest BCUT2D eigenvalue weighted by Gasteiger charge is 2.24. The second-order valence-corrected chi connectivity index (χ2v) is 10.2. The molecule has 0 aliphatic carbocycles. The summed E-state index contributed by atoms with van der Waals surface area (Å²) in [6.07, 6.45) is 3.69. The van der Waals surface area contributed by atoms with Gasteiger partial charge in [-0.25, -0.2) is 4.98 Å². The second-order valence-electron chi connectivity index (χ2n) is 8.62. The summed E-state index contributed by atoms with van der Waals surface area (Å²) in [6, 6.07) is 10.1. The van der Waals surface area contributed by atoms with Crippen molar-refractivity contribution in [3.8, 4) is 16.9 Å². The van der Waals surface area contributed by atoms with Crippen LogP contribution in [0.1, 0.15) is 44.0 Å². The average Bonchev–Trinajstić information content (AvgIpc) is 3.36. The molecule has 0 N–H and O–H groups in total. The molecule has 4 heterocycles. The number of fused-ring (bicyclic) bond motifs is 3. The van der Waals surface area contributed by atoms with Gasteiger partial charge in [0, 0.05) is 22.4 Å². The van der Waals surface area contributed by atoms with Crippen LogP contribution in [-0.4, -0.2) is 37.0 Å². The Bertz CT molecular complexity index is 1470. The summed E-state index contributed by atoms with van der Waals surface area (Å²) < 4.78 is 13.5. The van der Waals surface area contributed by atoms with Crippen LogP contribution in [0, 0.1) is 13.8 Å². The molecule has 0 radical (unpaired) electrons. The lowest BCUT2D eigenvalue weighted by atomic mass is 10.0. The fraction of sp³-hybridized carbons (Fsp3) is 0.308. The van der Waals surface area contributed by atoms with Crippen LogP contribution in [0.5, 0.6) is 5.75 Å². The predicted molar refractivity (Wildman–Crippen MR) is 136 cm³/mol. The van der Waals surface area contributed by atoms with E-state index in [1.54, 1.807) is 18.9 Å². The topological polar surface area (TPSA) is 78.9 Å². The van der Waals surface area contributed by atoms with E-state index in [4.69, 9.17) is 19.2 Å². The third-order valence-corrected chi connectivity index (χ3v) is 6.92. The van der Waals surface area contributed by atoms with Crippen molar-refractivity contribution in [3.63, 3.8) is 0 Å². The van der Waals surface area contributed by atoms with Gasteiger partial charge in [-0.3, -0.25) is 9.97 Å². The average molecular weight is 474 g/mol. The molecule has 0 spiro atoms.